The molecule has 2 aromatic heterocycles. The highest BCUT2D eigenvalue weighted by Crippen LogP contribution is 2.22. The molecule has 1 aliphatic rings. The Hall–Kier alpha value is -4.15. The lowest BCUT2D eigenvalue weighted by molar-refractivity contribution is -0.124. The number of nitrogens with zero attached hydrogens (tertiary/aromatic N) is 3. The molecular weight excluding hydrogens is 378 g/mol. The molecule has 11 nitrogen and oxygen atoms in total. The summed E-state index contributed by atoms with van der Waals surface area (Å²) < 4.78 is 3.00. The zero-order valence-electron chi connectivity index (χ0n) is 15.3. The molecule has 1 aliphatic heterocycles. The number of imide groups is 1. The van der Waals surface area contributed by atoms with Crippen LogP contribution in [-0.2, 0) is 17.4 Å². The summed E-state index contributed by atoms with van der Waals surface area (Å²) in [6.45, 7) is -0.187. The first-order valence-corrected chi connectivity index (χ1v) is 8.67. The molecule has 0 saturated carbocycles. The molecule has 0 aliphatic carbocycles. The number of amides is 4. The Morgan fingerprint density at radius 3 is 2.48 bits per heavy atom. The van der Waals surface area contributed by atoms with Crippen LogP contribution in [0.5, 0.6) is 0 Å². The molecule has 1 saturated heterocycles. The summed E-state index contributed by atoms with van der Waals surface area (Å²) >= 11 is 0. The number of nitrogens with one attached hydrogen (secondary N) is 4. The summed E-state index contributed by atoms with van der Waals surface area (Å²) in [5, 5.41) is 7.42. The number of aromatic amines is 1. The minimum absolute atomic E-state index is 0.187. The van der Waals surface area contributed by atoms with Crippen molar-refractivity contribution in [3.63, 3.8) is 0 Å². The van der Waals surface area contributed by atoms with Gasteiger partial charge in [0, 0.05) is 37.4 Å². The average Bonchev–Trinajstić information content (AvgIpc) is 3.39. The van der Waals surface area contributed by atoms with Crippen molar-refractivity contribution in [2.45, 2.75) is 5.54 Å². The lowest BCUT2D eigenvalue weighted by atomic mass is 9.98. The molecule has 29 heavy (non-hydrogen) atoms. The minimum Gasteiger partial charge on any atom is -0.349 e. The standard InChI is InChI=1S/C18H17N7O4/c1-24-8-6-19-14(24)18(15(27)22-16(28)23-18)10-21-13(26)11-2-4-12(5-3-11)25-9-7-20-17(25)29/h2-9H,10H2,1H3,(H,20,29)(H,21,26)(H2,22,23,27,28). The Labute approximate surface area is 163 Å². The molecule has 4 rings (SSSR count). The fourth-order valence-electron chi connectivity index (χ4n) is 3.24. The number of carbonyl (C=O) groups excluding carboxylic acids is 3. The zero-order chi connectivity index (χ0) is 20.6. The Kier molecular flexibility index (Phi) is 4.26. The van der Waals surface area contributed by atoms with Gasteiger partial charge in [-0.1, -0.05) is 0 Å². The molecule has 0 spiro atoms. The first kappa shape index (κ1) is 18.2. The largest absolute Gasteiger partial charge is 0.349 e. The van der Waals surface area contributed by atoms with Gasteiger partial charge in [-0.2, -0.15) is 0 Å². The smallest absolute Gasteiger partial charge is 0.330 e. The van der Waals surface area contributed by atoms with Crippen LogP contribution in [0.1, 0.15) is 16.2 Å². The summed E-state index contributed by atoms with van der Waals surface area (Å²) in [6.07, 6.45) is 6.23. The van der Waals surface area contributed by atoms with Crippen LogP contribution in [0, 0.1) is 0 Å². The second kappa shape index (κ2) is 6.78. The third-order valence-corrected chi connectivity index (χ3v) is 4.72. The molecular formula is C18H17N7O4. The van der Waals surface area contributed by atoms with Gasteiger partial charge in [-0.05, 0) is 24.3 Å². The van der Waals surface area contributed by atoms with Gasteiger partial charge in [-0.25, -0.2) is 14.6 Å². The van der Waals surface area contributed by atoms with Gasteiger partial charge in [0.2, 0.25) is 0 Å². The van der Waals surface area contributed by atoms with Gasteiger partial charge in [-0.3, -0.25) is 19.5 Å². The van der Waals surface area contributed by atoms with Gasteiger partial charge in [0.25, 0.3) is 11.8 Å². The van der Waals surface area contributed by atoms with E-state index in [1.807, 2.05) is 0 Å². The van der Waals surface area contributed by atoms with Gasteiger partial charge in [0.1, 0.15) is 5.82 Å². The molecule has 1 aromatic carbocycles. The fraction of sp³-hybridized carbons (Fsp3) is 0.167. The molecule has 1 unspecified atom stereocenters. The van der Waals surface area contributed by atoms with Crippen molar-refractivity contribution in [1.29, 1.82) is 0 Å². The molecule has 0 radical (unpaired) electrons. The van der Waals surface area contributed by atoms with E-state index in [1.165, 1.54) is 17.0 Å². The highest BCUT2D eigenvalue weighted by Gasteiger charge is 2.50. The molecule has 0 bridgehead atoms. The van der Waals surface area contributed by atoms with E-state index in [2.05, 4.69) is 25.9 Å². The quantitative estimate of drug-likeness (QED) is 0.425. The van der Waals surface area contributed by atoms with Crippen LogP contribution in [0.15, 0.2) is 53.8 Å². The third-order valence-electron chi connectivity index (χ3n) is 4.72. The highest BCUT2D eigenvalue weighted by molar-refractivity contribution is 6.07. The number of H-pyrrole nitrogens is 1. The van der Waals surface area contributed by atoms with E-state index in [-0.39, 0.29) is 12.2 Å². The summed E-state index contributed by atoms with van der Waals surface area (Å²) in [6, 6.07) is 5.72. The first-order valence-electron chi connectivity index (χ1n) is 8.67. The minimum atomic E-state index is -1.51. The molecule has 3 heterocycles. The van der Waals surface area contributed by atoms with Gasteiger partial charge in [-0.15, -0.1) is 0 Å². The lowest BCUT2D eigenvalue weighted by Gasteiger charge is -2.25. The van der Waals surface area contributed by atoms with Crippen LogP contribution in [0.2, 0.25) is 0 Å². The SMILES string of the molecule is Cn1ccnc1C1(CNC(=O)c2ccc(-n3cc[nH]c3=O)cc2)NC(=O)NC1=O. The van der Waals surface area contributed by atoms with E-state index in [0.717, 1.165) is 0 Å². The van der Waals surface area contributed by atoms with Crippen LogP contribution in [0.25, 0.3) is 5.69 Å². The normalized spacial score (nSPS) is 18.4. The van der Waals surface area contributed by atoms with Crippen LogP contribution in [0.4, 0.5) is 4.79 Å². The Morgan fingerprint density at radius 1 is 1.17 bits per heavy atom. The molecule has 4 N–H and O–H groups in total. The van der Waals surface area contributed by atoms with E-state index in [1.54, 1.807) is 48.3 Å². The van der Waals surface area contributed by atoms with Gasteiger partial charge >= 0.3 is 11.7 Å². The first-order chi connectivity index (χ1) is 13.9. The van der Waals surface area contributed by atoms with Crippen molar-refractivity contribution < 1.29 is 14.4 Å². The van der Waals surface area contributed by atoms with Crippen LogP contribution < -0.4 is 21.6 Å². The summed E-state index contributed by atoms with van der Waals surface area (Å²) in [5.41, 5.74) is -0.873. The number of aryl methyl sites for hydroxylation is 1. The van der Waals surface area contributed by atoms with Crippen molar-refractivity contribution in [3.05, 3.63) is 70.9 Å². The van der Waals surface area contributed by atoms with Crippen molar-refractivity contribution in [3.8, 4) is 5.69 Å². The Morgan fingerprint density at radius 2 is 1.93 bits per heavy atom. The number of hydrogen-bond donors (Lipinski definition) is 4. The molecule has 11 heteroatoms. The number of imidazole rings is 2. The summed E-state index contributed by atoms with van der Waals surface area (Å²) in [7, 11) is 1.69. The lowest BCUT2D eigenvalue weighted by Crippen LogP contribution is -2.54. The van der Waals surface area contributed by atoms with E-state index < -0.39 is 23.4 Å². The Balaban J connectivity index is 1.54. The van der Waals surface area contributed by atoms with E-state index in [9.17, 15) is 19.2 Å². The third kappa shape index (κ3) is 3.08. The number of benzene rings is 1. The monoisotopic (exact) mass is 395 g/mol. The predicted molar refractivity (Wildman–Crippen MR) is 100 cm³/mol. The number of aromatic nitrogens is 4. The topological polar surface area (TPSA) is 143 Å². The predicted octanol–water partition coefficient (Wildman–Crippen LogP) is -0.636. The summed E-state index contributed by atoms with van der Waals surface area (Å²) in [4.78, 5) is 55.2. The van der Waals surface area contributed by atoms with Gasteiger partial charge in [0.05, 0.1) is 12.2 Å². The average molecular weight is 395 g/mol. The van der Waals surface area contributed by atoms with Gasteiger partial charge < -0.3 is 20.2 Å². The van der Waals surface area contributed by atoms with Gasteiger partial charge in [0.15, 0.2) is 5.54 Å². The number of rotatable bonds is 5. The molecule has 3 aromatic rings. The van der Waals surface area contributed by atoms with Crippen LogP contribution in [0.3, 0.4) is 0 Å². The van der Waals surface area contributed by atoms with Crippen molar-refractivity contribution >= 4 is 17.8 Å². The van der Waals surface area contributed by atoms with E-state index in [4.69, 9.17) is 0 Å². The maximum absolute atomic E-state index is 12.6. The second-order valence-electron chi connectivity index (χ2n) is 6.54. The number of hydrogen-bond acceptors (Lipinski definition) is 5. The molecule has 148 valence electrons. The molecule has 4 amide bonds. The van der Waals surface area contributed by atoms with Crippen molar-refractivity contribution in [1.82, 2.24) is 35.1 Å². The number of urea groups is 1. The fourth-order valence-corrected chi connectivity index (χ4v) is 3.24. The van der Waals surface area contributed by atoms with Crippen molar-refractivity contribution in [2.75, 3.05) is 6.54 Å². The summed E-state index contributed by atoms with van der Waals surface area (Å²) in [5.74, 6) is -0.747. The van der Waals surface area contributed by atoms with Crippen molar-refractivity contribution in [2.24, 2.45) is 7.05 Å². The van der Waals surface area contributed by atoms with E-state index in [0.29, 0.717) is 17.1 Å². The number of carbonyl (C=O) groups is 3. The molecule has 1 atom stereocenters. The van der Waals surface area contributed by atoms with Crippen LogP contribution in [-0.4, -0.2) is 43.5 Å². The maximum atomic E-state index is 12.6. The second-order valence-corrected chi connectivity index (χ2v) is 6.54. The highest BCUT2D eigenvalue weighted by atomic mass is 16.2. The maximum Gasteiger partial charge on any atom is 0.330 e. The van der Waals surface area contributed by atoms with E-state index >= 15 is 0 Å². The Bertz CT molecular complexity index is 1160. The van der Waals surface area contributed by atoms with Crippen LogP contribution >= 0.6 is 0 Å². The zero-order valence-corrected chi connectivity index (χ0v) is 15.3. The molecule has 1 fully saturated rings.